The zero-order valence-corrected chi connectivity index (χ0v) is 17.1. The molecule has 27 heavy (non-hydrogen) atoms. The second kappa shape index (κ2) is 6.82. The number of hydrogen-bond acceptors (Lipinski definition) is 7. The summed E-state index contributed by atoms with van der Waals surface area (Å²) in [6.07, 6.45) is 1.71. The van der Waals surface area contributed by atoms with Crippen LogP contribution in [-0.4, -0.2) is 46.0 Å². The second-order valence-corrected chi connectivity index (χ2v) is 9.32. The van der Waals surface area contributed by atoms with Crippen molar-refractivity contribution < 1.29 is 0 Å². The van der Waals surface area contributed by atoms with Crippen molar-refractivity contribution in [3.8, 4) is 0 Å². The van der Waals surface area contributed by atoms with E-state index in [0.717, 1.165) is 48.9 Å². The third-order valence-corrected chi connectivity index (χ3v) is 7.45. The second-order valence-electron chi connectivity index (χ2n) is 7.00. The molecule has 0 aliphatic carbocycles. The van der Waals surface area contributed by atoms with Gasteiger partial charge in [-0.05, 0) is 31.5 Å². The zero-order chi connectivity index (χ0) is 18.4. The number of hydrogen-bond donors (Lipinski definition) is 0. The van der Waals surface area contributed by atoms with Crippen LogP contribution in [-0.2, 0) is 6.54 Å². The van der Waals surface area contributed by atoms with Crippen molar-refractivity contribution in [2.45, 2.75) is 20.4 Å². The van der Waals surface area contributed by atoms with Gasteiger partial charge >= 0.3 is 0 Å². The molecule has 5 nitrogen and oxygen atoms in total. The molecule has 0 amide bonds. The van der Waals surface area contributed by atoms with E-state index in [1.54, 1.807) is 17.7 Å². The fourth-order valence-corrected chi connectivity index (χ4v) is 5.70. The van der Waals surface area contributed by atoms with Gasteiger partial charge in [0.25, 0.3) is 0 Å². The maximum Gasteiger partial charge on any atom is 0.141 e. The predicted molar refractivity (Wildman–Crippen MR) is 114 cm³/mol. The number of benzene rings is 1. The largest absolute Gasteiger partial charge is 0.353 e. The third kappa shape index (κ3) is 3.09. The number of nitrogens with zero attached hydrogens (tertiary/aromatic N) is 5. The highest BCUT2D eigenvalue weighted by atomic mass is 32.1. The van der Waals surface area contributed by atoms with Crippen molar-refractivity contribution in [2.24, 2.45) is 0 Å². The molecule has 4 aromatic rings. The molecule has 1 aliphatic heterocycles. The summed E-state index contributed by atoms with van der Waals surface area (Å²) in [5.41, 5.74) is 2.44. The van der Waals surface area contributed by atoms with Crippen LogP contribution < -0.4 is 4.90 Å². The maximum atomic E-state index is 4.78. The Morgan fingerprint density at radius 3 is 2.63 bits per heavy atom. The van der Waals surface area contributed by atoms with Crippen molar-refractivity contribution >= 4 is 48.9 Å². The summed E-state index contributed by atoms with van der Waals surface area (Å²) in [7, 11) is 0. The highest BCUT2D eigenvalue weighted by Crippen LogP contribution is 2.34. The van der Waals surface area contributed by atoms with Crippen molar-refractivity contribution in [2.75, 3.05) is 31.1 Å². The fraction of sp³-hybridized carbons (Fsp3) is 0.350. The molecule has 1 saturated heterocycles. The quantitative estimate of drug-likeness (QED) is 0.519. The Morgan fingerprint density at radius 1 is 1.00 bits per heavy atom. The smallest absolute Gasteiger partial charge is 0.141 e. The number of thiophene rings is 1. The Labute approximate surface area is 166 Å². The molecule has 3 aromatic heterocycles. The standard InChI is InChI=1S/C20H21N5S2/c1-13-14(2)26-20-18(13)19(21-12-22-20)25-9-7-24(8-10-25)11-17-23-15-5-3-4-6-16(15)27-17/h3-6,12H,7-11H2,1-2H3. The first kappa shape index (κ1) is 17.0. The van der Waals surface area contributed by atoms with Gasteiger partial charge in [0.15, 0.2) is 0 Å². The molecule has 0 bridgehead atoms. The van der Waals surface area contributed by atoms with Gasteiger partial charge in [-0.1, -0.05) is 12.1 Å². The van der Waals surface area contributed by atoms with Crippen LogP contribution in [0.3, 0.4) is 0 Å². The van der Waals surface area contributed by atoms with Gasteiger partial charge in [0.1, 0.15) is 22.0 Å². The SMILES string of the molecule is Cc1sc2ncnc(N3CCN(Cc4nc5ccccc5s4)CC3)c2c1C. The Morgan fingerprint density at radius 2 is 1.81 bits per heavy atom. The molecule has 0 unspecified atom stereocenters. The lowest BCUT2D eigenvalue weighted by atomic mass is 10.2. The lowest BCUT2D eigenvalue weighted by Gasteiger charge is -2.35. The number of anilines is 1. The van der Waals surface area contributed by atoms with E-state index in [0.29, 0.717) is 0 Å². The molecule has 5 rings (SSSR count). The van der Waals surface area contributed by atoms with Crippen LogP contribution in [0, 0.1) is 13.8 Å². The van der Waals surface area contributed by atoms with E-state index in [-0.39, 0.29) is 0 Å². The molecule has 138 valence electrons. The molecule has 4 heterocycles. The van der Waals surface area contributed by atoms with Crippen LogP contribution in [0.1, 0.15) is 15.4 Å². The average Bonchev–Trinajstić information content (AvgIpc) is 3.22. The van der Waals surface area contributed by atoms with Crippen molar-refractivity contribution in [3.05, 3.63) is 46.0 Å². The number of piperazine rings is 1. The summed E-state index contributed by atoms with van der Waals surface area (Å²) in [5, 5.41) is 2.44. The average molecular weight is 396 g/mol. The molecule has 0 N–H and O–H groups in total. The molecule has 0 spiro atoms. The zero-order valence-electron chi connectivity index (χ0n) is 15.5. The van der Waals surface area contributed by atoms with Crippen LogP contribution in [0.25, 0.3) is 20.4 Å². The van der Waals surface area contributed by atoms with Gasteiger partial charge in [0, 0.05) is 31.1 Å². The number of aryl methyl sites for hydroxylation is 2. The molecular formula is C20H21N5S2. The minimum absolute atomic E-state index is 0.933. The molecule has 0 saturated carbocycles. The van der Waals surface area contributed by atoms with E-state index in [2.05, 4.69) is 57.9 Å². The predicted octanol–water partition coefficient (Wildman–Crippen LogP) is 4.24. The first-order valence-electron chi connectivity index (χ1n) is 9.21. The van der Waals surface area contributed by atoms with Gasteiger partial charge in [0.05, 0.1) is 22.1 Å². The monoisotopic (exact) mass is 395 g/mol. The molecule has 0 atom stereocenters. The van der Waals surface area contributed by atoms with Gasteiger partial charge in [-0.25, -0.2) is 15.0 Å². The van der Waals surface area contributed by atoms with Crippen LogP contribution in [0.15, 0.2) is 30.6 Å². The van der Waals surface area contributed by atoms with Crippen LogP contribution in [0.4, 0.5) is 5.82 Å². The third-order valence-electron chi connectivity index (χ3n) is 5.31. The topological polar surface area (TPSA) is 45.2 Å². The Hall–Kier alpha value is -2.09. The van der Waals surface area contributed by atoms with Gasteiger partial charge in [-0.2, -0.15) is 0 Å². The number of thiazole rings is 1. The molecule has 1 aliphatic rings. The normalized spacial score (nSPS) is 15.9. The summed E-state index contributed by atoms with van der Waals surface area (Å²) in [6, 6.07) is 8.39. The highest BCUT2D eigenvalue weighted by Gasteiger charge is 2.22. The van der Waals surface area contributed by atoms with Gasteiger partial charge < -0.3 is 4.90 Å². The Bertz CT molecular complexity index is 1080. The van der Waals surface area contributed by atoms with E-state index < -0.39 is 0 Å². The van der Waals surface area contributed by atoms with Gasteiger partial charge in [-0.3, -0.25) is 4.90 Å². The summed E-state index contributed by atoms with van der Waals surface area (Å²) >= 11 is 3.58. The fourth-order valence-electron chi connectivity index (χ4n) is 3.70. The van der Waals surface area contributed by atoms with Gasteiger partial charge in [-0.15, -0.1) is 22.7 Å². The van der Waals surface area contributed by atoms with E-state index in [9.17, 15) is 0 Å². The number of fused-ring (bicyclic) bond motifs is 2. The number of rotatable bonds is 3. The molecule has 1 aromatic carbocycles. The first-order valence-corrected chi connectivity index (χ1v) is 10.8. The first-order chi connectivity index (χ1) is 13.2. The van der Waals surface area contributed by atoms with Crippen LogP contribution in [0.2, 0.25) is 0 Å². The summed E-state index contributed by atoms with van der Waals surface area (Å²) in [4.78, 5) is 21.2. The summed E-state index contributed by atoms with van der Waals surface area (Å²) in [6.45, 7) is 9.33. The Kier molecular flexibility index (Phi) is 4.30. The van der Waals surface area contributed by atoms with Crippen LogP contribution >= 0.6 is 22.7 Å². The van der Waals surface area contributed by atoms with E-state index in [4.69, 9.17) is 4.98 Å². The van der Waals surface area contributed by atoms with E-state index in [1.165, 1.54) is 25.5 Å². The van der Waals surface area contributed by atoms with E-state index in [1.807, 2.05) is 11.3 Å². The Balaban J connectivity index is 1.32. The van der Waals surface area contributed by atoms with Crippen molar-refractivity contribution in [3.63, 3.8) is 0 Å². The summed E-state index contributed by atoms with van der Waals surface area (Å²) < 4.78 is 1.28. The lowest BCUT2D eigenvalue weighted by molar-refractivity contribution is 0.249. The van der Waals surface area contributed by atoms with Crippen LogP contribution in [0.5, 0.6) is 0 Å². The highest BCUT2D eigenvalue weighted by molar-refractivity contribution is 7.19. The molecular weight excluding hydrogens is 374 g/mol. The minimum atomic E-state index is 0.933. The molecule has 0 radical (unpaired) electrons. The molecule has 7 heteroatoms. The molecule has 1 fully saturated rings. The minimum Gasteiger partial charge on any atom is -0.353 e. The van der Waals surface area contributed by atoms with E-state index >= 15 is 0 Å². The summed E-state index contributed by atoms with van der Waals surface area (Å²) in [5.74, 6) is 1.10. The number of para-hydroxylation sites is 1. The van der Waals surface area contributed by atoms with Crippen molar-refractivity contribution in [1.29, 1.82) is 0 Å². The maximum absolute atomic E-state index is 4.78. The lowest BCUT2D eigenvalue weighted by Crippen LogP contribution is -2.46. The van der Waals surface area contributed by atoms with Crippen molar-refractivity contribution in [1.82, 2.24) is 19.9 Å². The number of aromatic nitrogens is 3. The van der Waals surface area contributed by atoms with Gasteiger partial charge in [0.2, 0.25) is 0 Å².